The monoisotopic (exact) mass is 466 g/mol. The van der Waals surface area contributed by atoms with Crippen molar-refractivity contribution >= 4 is 17.2 Å². The standard InChI is InChI=1S/C23H21FN4O2S.C2H6/c1-13-18(11-25-27(13)3)19-12-28(14(2)17-8-9-31-22(17)19)23(29)20-10-21(30-26-20)15-4-6-16(24)7-5-15;1-2/h4-11,14,19H,12H2,1-3H3;1-2H3. The number of carbonyl (C=O) groups is 1. The molecule has 0 aliphatic carbocycles. The SMILES string of the molecule is CC.Cc1c(C2CN(C(=O)c3cc(-c4ccc(F)cc4)on3)C(C)c3ccsc32)cnn1C. The van der Waals surface area contributed by atoms with E-state index in [1.165, 1.54) is 17.0 Å². The second-order valence-electron chi connectivity index (χ2n) is 7.82. The predicted octanol–water partition coefficient (Wildman–Crippen LogP) is 5.96. The van der Waals surface area contributed by atoms with E-state index in [2.05, 4.69) is 21.7 Å². The molecule has 3 aromatic heterocycles. The van der Waals surface area contributed by atoms with E-state index in [9.17, 15) is 9.18 Å². The lowest BCUT2D eigenvalue weighted by atomic mass is 9.88. The van der Waals surface area contributed by atoms with Crippen molar-refractivity contribution < 1.29 is 13.7 Å². The van der Waals surface area contributed by atoms with Crippen molar-refractivity contribution in [2.75, 3.05) is 6.54 Å². The van der Waals surface area contributed by atoms with E-state index < -0.39 is 0 Å². The summed E-state index contributed by atoms with van der Waals surface area (Å²) in [5.74, 6) is -0.0192. The Kier molecular flexibility index (Phi) is 6.47. The minimum Gasteiger partial charge on any atom is -0.355 e. The topological polar surface area (TPSA) is 64.2 Å². The Bertz CT molecular complexity index is 1260. The lowest BCUT2D eigenvalue weighted by Crippen LogP contribution is -2.40. The average Bonchev–Trinajstić information content (AvgIpc) is 3.58. The van der Waals surface area contributed by atoms with Gasteiger partial charge in [0.1, 0.15) is 5.82 Å². The number of aromatic nitrogens is 3. The highest BCUT2D eigenvalue weighted by Crippen LogP contribution is 2.43. The molecule has 172 valence electrons. The third-order valence-corrected chi connectivity index (χ3v) is 7.15. The molecule has 0 saturated heterocycles. The van der Waals surface area contributed by atoms with Gasteiger partial charge in [0, 0.05) is 47.3 Å². The lowest BCUT2D eigenvalue weighted by molar-refractivity contribution is 0.0656. The van der Waals surface area contributed by atoms with Gasteiger partial charge in [-0.15, -0.1) is 11.3 Å². The molecule has 5 rings (SSSR count). The number of rotatable bonds is 3. The number of hydrogen-bond donors (Lipinski definition) is 0. The van der Waals surface area contributed by atoms with Gasteiger partial charge in [0.15, 0.2) is 11.5 Å². The smallest absolute Gasteiger partial charge is 0.276 e. The molecule has 1 amide bonds. The normalized spacial score (nSPS) is 17.3. The maximum absolute atomic E-state index is 13.4. The zero-order valence-electron chi connectivity index (χ0n) is 19.4. The van der Waals surface area contributed by atoms with Gasteiger partial charge >= 0.3 is 0 Å². The Balaban J connectivity index is 0.00000126. The fourth-order valence-corrected chi connectivity index (χ4v) is 5.30. The number of fused-ring (bicyclic) bond motifs is 1. The molecule has 6 nitrogen and oxygen atoms in total. The second kappa shape index (κ2) is 9.31. The molecule has 8 heteroatoms. The largest absolute Gasteiger partial charge is 0.355 e. The summed E-state index contributed by atoms with van der Waals surface area (Å²) in [4.78, 5) is 16.6. The van der Waals surface area contributed by atoms with Crippen molar-refractivity contribution in [2.45, 2.75) is 39.7 Å². The minimum atomic E-state index is -0.329. The molecule has 0 saturated carbocycles. The fourth-order valence-electron chi connectivity index (χ4n) is 4.19. The molecule has 4 aromatic rings. The number of carbonyl (C=O) groups excluding carboxylic acids is 1. The van der Waals surface area contributed by atoms with Crippen LogP contribution in [0.2, 0.25) is 0 Å². The summed E-state index contributed by atoms with van der Waals surface area (Å²) in [6, 6.07) is 9.55. The highest BCUT2D eigenvalue weighted by atomic mass is 32.1. The number of aryl methyl sites for hydroxylation is 1. The van der Waals surface area contributed by atoms with E-state index in [1.807, 2.05) is 50.5 Å². The van der Waals surface area contributed by atoms with Crippen molar-refractivity contribution in [1.29, 1.82) is 0 Å². The van der Waals surface area contributed by atoms with Gasteiger partial charge < -0.3 is 9.42 Å². The molecule has 1 aliphatic rings. The Morgan fingerprint density at radius 3 is 2.58 bits per heavy atom. The highest BCUT2D eigenvalue weighted by Gasteiger charge is 2.37. The van der Waals surface area contributed by atoms with Gasteiger partial charge in [-0.05, 0) is 55.1 Å². The number of thiophene rings is 1. The van der Waals surface area contributed by atoms with Crippen LogP contribution in [-0.2, 0) is 7.05 Å². The summed E-state index contributed by atoms with van der Waals surface area (Å²) in [6.07, 6.45) is 1.89. The summed E-state index contributed by atoms with van der Waals surface area (Å²) < 4.78 is 20.5. The van der Waals surface area contributed by atoms with Crippen molar-refractivity contribution in [1.82, 2.24) is 19.8 Å². The van der Waals surface area contributed by atoms with Gasteiger partial charge in [-0.3, -0.25) is 9.48 Å². The molecule has 0 bridgehead atoms. The molecule has 2 atom stereocenters. The van der Waals surface area contributed by atoms with E-state index in [-0.39, 0.29) is 29.4 Å². The van der Waals surface area contributed by atoms with Crippen LogP contribution in [0.15, 0.2) is 52.5 Å². The molecular formula is C25H27FN4O2S. The maximum Gasteiger partial charge on any atom is 0.276 e. The van der Waals surface area contributed by atoms with Crippen LogP contribution in [0.25, 0.3) is 11.3 Å². The highest BCUT2D eigenvalue weighted by molar-refractivity contribution is 7.10. The summed E-state index contributed by atoms with van der Waals surface area (Å²) in [6.45, 7) is 8.63. The molecule has 0 N–H and O–H groups in total. The van der Waals surface area contributed by atoms with Crippen LogP contribution in [0.5, 0.6) is 0 Å². The maximum atomic E-state index is 13.4. The van der Waals surface area contributed by atoms with Gasteiger partial charge in [-0.25, -0.2) is 4.39 Å². The van der Waals surface area contributed by atoms with E-state index in [0.717, 1.165) is 16.8 Å². The number of halogens is 1. The van der Waals surface area contributed by atoms with Crippen LogP contribution in [0.3, 0.4) is 0 Å². The van der Waals surface area contributed by atoms with Crippen LogP contribution < -0.4 is 0 Å². The van der Waals surface area contributed by atoms with Gasteiger partial charge in [0.25, 0.3) is 5.91 Å². The number of nitrogens with zero attached hydrogens (tertiary/aromatic N) is 4. The molecular weight excluding hydrogens is 439 g/mol. The third kappa shape index (κ3) is 4.11. The average molecular weight is 467 g/mol. The summed E-state index contributed by atoms with van der Waals surface area (Å²) in [5.41, 5.74) is 4.28. The van der Waals surface area contributed by atoms with Crippen molar-refractivity contribution in [3.63, 3.8) is 0 Å². The molecule has 1 aromatic carbocycles. The number of amides is 1. The Morgan fingerprint density at radius 1 is 1.18 bits per heavy atom. The first-order valence-corrected chi connectivity index (χ1v) is 11.9. The van der Waals surface area contributed by atoms with Crippen LogP contribution in [0.4, 0.5) is 4.39 Å². The van der Waals surface area contributed by atoms with Gasteiger partial charge in [0.2, 0.25) is 0 Å². The summed E-state index contributed by atoms with van der Waals surface area (Å²) in [7, 11) is 1.93. The third-order valence-electron chi connectivity index (χ3n) is 6.11. The van der Waals surface area contributed by atoms with Crippen molar-refractivity contribution in [3.8, 4) is 11.3 Å². The Morgan fingerprint density at radius 2 is 1.91 bits per heavy atom. The van der Waals surface area contributed by atoms with Crippen LogP contribution in [0, 0.1) is 12.7 Å². The second-order valence-corrected chi connectivity index (χ2v) is 8.77. The van der Waals surface area contributed by atoms with E-state index in [0.29, 0.717) is 17.9 Å². The first-order valence-electron chi connectivity index (χ1n) is 11.0. The van der Waals surface area contributed by atoms with Crippen LogP contribution in [-0.4, -0.2) is 32.3 Å². The molecule has 0 spiro atoms. The van der Waals surface area contributed by atoms with Crippen LogP contribution >= 0.6 is 11.3 Å². The fraction of sp³-hybridized carbons (Fsp3) is 0.320. The van der Waals surface area contributed by atoms with Gasteiger partial charge in [-0.2, -0.15) is 5.10 Å². The van der Waals surface area contributed by atoms with Gasteiger partial charge in [0.05, 0.1) is 12.2 Å². The van der Waals surface area contributed by atoms with Crippen LogP contribution in [0.1, 0.15) is 64.9 Å². The van der Waals surface area contributed by atoms with E-state index in [1.54, 1.807) is 29.5 Å². The summed E-state index contributed by atoms with van der Waals surface area (Å²) in [5, 5.41) is 10.5. The first-order chi connectivity index (χ1) is 15.9. The zero-order chi connectivity index (χ0) is 23.7. The number of hydrogen-bond acceptors (Lipinski definition) is 5. The Hall–Kier alpha value is -3.26. The quantitative estimate of drug-likeness (QED) is 0.374. The minimum absolute atomic E-state index is 0.0623. The first kappa shape index (κ1) is 22.9. The predicted molar refractivity (Wildman–Crippen MR) is 127 cm³/mol. The lowest BCUT2D eigenvalue weighted by Gasteiger charge is -2.37. The van der Waals surface area contributed by atoms with E-state index >= 15 is 0 Å². The molecule has 33 heavy (non-hydrogen) atoms. The summed E-state index contributed by atoms with van der Waals surface area (Å²) >= 11 is 1.72. The Labute approximate surface area is 196 Å². The molecule has 2 unspecified atom stereocenters. The molecule has 1 aliphatic heterocycles. The molecule has 0 fully saturated rings. The van der Waals surface area contributed by atoms with Crippen molar-refractivity contribution in [3.05, 3.63) is 81.2 Å². The van der Waals surface area contributed by atoms with Gasteiger partial charge in [-0.1, -0.05) is 19.0 Å². The van der Waals surface area contributed by atoms with Crippen molar-refractivity contribution in [2.24, 2.45) is 7.05 Å². The number of benzene rings is 1. The van der Waals surface area contributed by atoms with E-state index in [4.69, 9.17) is 4.52 Å². The zero-order valence-corrected chi connectivity index (χ0v) is 20.2. The molecule has 4 heterocycles. The molecule has 0 radical (unpaired) electrons.